The van der Waals surface area contributed by atoms with E-state index in [0.717, 1.165) is 25.7 Å². The Morgan fingerprint density at radius 1 is 0.348 bits per heavy atom. The molecule has 0 aliphatic carbocycles. The van der Waals surface area contributed by atoms with E-state index in [1.165, 1.54) is 141 Å². The van der Waals surface area contributed by atoms with Gasteiger partial charge in [0.2, 0.25) is 11.8 Å². The number of aliphatic carboxylic acids is 2. The molecule has 2 amide bonds. The van der Waals surface area contributed by atoms with E-state index in [2.05, 4.69) is 24.5 Å². The summed E-state index contributed by atoms with van der Waals surface area (Å²) >= 11 is 0. The van der Waals surface area contributed by atoms with Crippen LogP contribution in [0.15, 0.2) is 0 Å². The largest absolute Gasteiger partial charge is 0.481 e. The average Bonchev–Trinajstić information content (AvgIpc) is 3.03. The van der Waals surface area contributed by atoms with Crippen molar-refractivity contribution in [3.05, 3.63) is 0 Å². The van der Waals surface area contributed by atoms with Gasteiger partial charge in [-0.3, -0.25) is 19.2 Å². The van der Waals surface area contributed by atoms with Gasteiger partial charge in [0.05, 0.1) is 12.8 Å². The summed E-state index contributed by atoms with van der Waals surface area (Å²) in [5, 5.41) is 22.5. The first-order chi connectivity index (χ1) is 22.3. The molecule has 0 aliphatic rings. The lowest BCUT2D eigenvalue weighted by Gasteiger charge is -2.05. The predicted octanol–water partition coefficient (Wildman–Crippen LogP) is 10.1. The van der Waals surface area contributed by atoms with Crippen molar-refractivity contribution in [1.82, 2.24) is 10.6 Å². The minimum Gasteiger partial charge on any atom is -0.481 e. The van der Waals surface area contributed by atoms with Crippen molar-refractivity contribution in [3.63, 3.8) is 0 Å². The minimum absolute atomic E-state index is 0.0788. The highest BCUT2D eigenvalue weighted by Gasteiger charge is 2.05. The number of nitrogens with one attached hydrogen (secondary N) is 2. The first kappa shape index (κ1) is 46.0. The van der Waals surface area contributed by atoms with Crippen molar-refractivity contribution < 1.29 is 29.4 Å². The fraction of sp³-hybridized carbons (Fsp3) is 0.895. The van der Waals surface area contributed by atoms with Crippen LogP contribution in [0.2, 0.25) is 0 Å². The van der Waals surface area contributed by atoms with Gasteiger partial charge in [-0.25, -0.2) is 0 Å². The van der Waals surface area contributed by atoms with Crippen LogP contribution in [0.1, 0.15) is 206 Å². The second-order valence-electron chi connectivity index (χ2n) is 13.0. The Hall–Kier alpha value is -2.12. The van der Waals surface area contributed by atoms with Gasteiger partial charge in [0.1, 0.15) is 0 Å². The molecular weight excluding hydrogens is 580 g/mol. The number of hydrogen-bond donors (Lipinski definition) is 4. The van der Waals surface area contributed by atoms with Crippen molar-refractivity contribution in [2.45, 2.75) is 206 Å². The summed E-state index contributed by atoms with van der Waals surface area (Å²) in [6.45, 7) is 5.87. The van der Waals surface area contributed by atoms with Crippen molar-refractivity contribution >= 4 is 23.8 Å². The van der Waals surface area contributed by atoms with Crippen molar-refractivity contribution in [1.29, 1.82) is 0 Å². The van der Waals surface area contributed by atoms with Gasteiger partial charge in [-0.05, 0) is 12.8 Å². The Labute approximate surface area is 283 Å². The number of carboxylic acids is 2. The Kier molecular flexibility index (Phi) is 39.1. The van der Waals surface area contributed by atoms with Crippen LogP contribution in [0.3, 0.4) is 0 Å². The van der Waals surface area contributed by atoms with Crippen molar-refractivity contribution in [2.24, 2.45) is 0 Å². The first-order valence-corrected chi connectivity index (χ1v) is 19.3. The van der Waals surface area contributed by atoms with Crippen LogP contribution in [0.25, 0.3) is 0 Å². The van der Waals surface area contributed by atoms with Crippen LogP contribution < -0.4 is 10.6 Å². The average molecular weight is 655 g/mol. The molecule has 0 saturated carbocycles. The van der Waals surface area contributed by atoms with Crippen LogP contribution >= 0.6 is 0 Å². The molecule has 0 fully saturated rings. The highest BCUT2D eigenvalue weighted by Crippen LogP contribution is 2.13. The SMILES string of the molecule is CCCCCCCCCCCCCCCCNC(=O)CCC(=O)O.CCCCCCCCCCCCCCNC(=O)CCC(=O)O. The number of carboxylic acid groups (broad SMARTS) is 2. The normalized spacial score (nSPS) is 10.7. The molecule has 0 heterocycles. The topological polar surface area (TPSA) is 133 Å². The molecule has 0 rings (SSSR count). The molecule has 0 spiro atoms. The molecule has 0 aliphatic heterocycles. The molecule has 8 heteroatoms. The van der Waals surface area contributed by atoms with E-state index in [-0.39, 0.29) is 37.5 Å². The zero-order valence-corrected chi connectivity index (χ0v) is 30.2. The van der Waals surface area contributed by atoms with Gasteiger partial charge >= 0.3 is 11.9 Å². The third kappa shape index (κ3) is 44.0. The molecule has 46 heavy (non-hydrogen) atoms. The molecule has 0 radical (unpaired) electrons. The van der Waals surface area contributed by atoms with E-state index in [9.17, 15) is 19.2 Å². The van der Waals surface area contributed by atoms with E-state index < -0.39 is 11.9 Å². The molecule has 0 unspecified atom stereocenters. The summed E-state index contributed by atoms with van der Waals surface area (Å²) in [6.07, 6.45) is 34.2. The van der Waals surface area contributed by atoms with E-state index in [1.54, 1.807) is 0 Å². The van der Waals surface area contributed by atoms with E-state index in [4.69, 9.17) is 10.2 Å². The highest BCUT2D eigenvalue weighted by molar-refractivity contribution is 5.81. The monoisotopic (exact) mass is 655 g/mol. The van der Waals surface area contributed by atoms with Gasteiger partial charge in [0.15, 0.2) is 0 Å². The molecule has 0 atom stereocenters. The fourth-order valence-electron chi connectivity index (χ4n) is 5.36. The van der Waals surface area contributed by atoms with Crippen LogP contribution in [-0.4, -0.2) is 47.1 Å². The standard InChI is InChI=1S/C20H39NO3.C18H35NO3/c1-2-3-4-5-6-7-8-9-10-11-12-13-14-15-18-21-19(22)16-17-20(23)24;1-2-3-4-5-6-7-8-9-10-11-12-13-16-19-17(20)14-15-18(21)22/h2-18H2,1H3,(H,21,22)(H,23,24);2-16H2,1H3,(H,19,20)(H,21,22). The lowest BCUT2D eigenvalue weighted by Crippen LogP contribution is -2.24. The van der Waals surface area contributed by atoms with Crippen molar-refractivity contribution in [3.8, 4) is 0 Å². The van der Waals surface area contributed by atoms with E-state index in [1.807, 2.05) is 0 Å². The molecule has 4 N–H and O–H groups in total. The third-order valence-corrected chi connectivity index (χ3v) is 8.34. The molecular formula is C38H74N2O6. The summed E-state index contributed by atoms with van der Waals surface area (Å²) in [6, 6.07) is 0. The van der Waals surface area contributed by atoms with Gasteiger partial charge in [-0.1, -0.05) is 168 Å². The molecule has 0 aromatic rings. The van der Waals surface area contributed by atoms with Crippen molar-refractivity contribution in [2.75, 3.05) is 13.1 Å². The number of carbonyl (C=O) groups excluding carboxylic acids is 2. The molecule has 8 nitrogen and oxygen atoms in total. The molecule has 0 aromatic carbocycles. The van der Waals surface area contributed by atoms with Crippen LogP contribution in [0.5, 0.6) is 0 Å². The summed E-state index contributed by atoms with van der Waals surface area (Å²) in [5.41, 5.74) is 0. The summed E-state index contributed by atoms with van der Waals surface area (Å²) in [7, 11) is 0. The highest BCUT2D eigenvalue weighted by atomic mass is 16.4. The Morgan fingerprint density at radius 3 is 0.783 bits per heavy atom. The molecule has 0 aromatic heterocycles. The van der Waals surface area contributed by atoms with E-state index >= 15 is 0 Å². The Bertz CT molecular complexity index is 701. The maximum atomic E-state index is 11.3. The predicted molar refractivity (Wildman–Crippen MR) is 191 cm³/mol. The fourth-order valence-corrected chi connectivity index (χ4v) is 5.36. The van der Waals surface area contributed by atoms with Crippen LogP contribution in [0.4, 0.5) is 0 Å². The summed E-state index contributed by atoms with van der Waals surface area (Å²) < 4.78 is 0. The number of rotatable bonds is 34. The van der Waals surface area contributed by atoms with Gasteiger partial charge in [0, 0.05) is 25.9 Å². The molecule has 0 saturated heterocycles. The van der Waals surface area contributed by atoms with Gasteiger partial charge in [0.25, 0.3) is 0 Å². The lowest BCUT2D eigenvalue weighted by molar-refractivity contribution is -0.139. The maximum Gasteiger partial charge on any atom is 0.303 e. The summed E-state index contributed by atoms with van der Waals surface area (Å²) in [5.74, 6) is -2.13. The number of hydrogen-bond acceptors (Lipinski definition) is 4. The third-order valence-electron chi connectivity index (χ3n) is 8.34. The Balaban J connectivity index is 0. The summed E-state index contributed by atoms with van der Waals surface area (Å²) in [4.78, 5) is 43.2. The quantitative estimate of drug-likeness (QED) is 0.0510. The first-order valence-electron chi connectivity index (χ1n) is 19.3. The number of carbonyl (C=O) groups is 4. The van der Waals surface area contributed by atoms with Crippen LogP contribution in [0, 0.1) is 0 Å². The van der Waals surface area contributed by atoms with Crippen LogP contribution in [-0.2, 0) is 19.2 Å². The zero-order valence-electron chi connectivity index (χ0n) is 30.2. The second kappa shape index (κ2) is 39.1. The Morgan fingerprint density at radius 2 is 0.565 bits per heavy atom. The van der Waals surface area contributed by atoms with Gasteiger partial charge in [-0.2, -0.15) is 0 Å². The lowest BCUT2D eigenvalue weighted by atomic mass is 10.0. The molecule has 272 valence electrons. The minimum atomic E-state index is -0.916. The molecule has 0 bridgehead atoms. The number of unbranched alkanes of at least 4 members (excludes halogenated alkanes) is 24. The van der Waals surface area contributed by atoms with E-state index in [0.29, 0.717) is 13.1 Å². The number of amides is 2. The maximum absolute atomic E-state index is 11.3. The van der Waals surface area contributed by atoms with Gasteiger partial charge in [-0.15, -0.1) is 0 Å². The zero-order chi connectivity index (χ0) is 34.4. The van der Waals surface area contributed by atoms with Gasteiger partial charge < -0.3 is 20.8 Å². The smallest absolute Gasteiger partial charge is 0.303 e. The second-order valence-corrected chi connectivity index (χ2v) is 13.0.